The Morgan fingerprint density at radius 1 is 1.14 bits per heavy atom. The van der Waals surface area contributed by atoms with Crippen molar-refractivity contribution in [1.29, 1.82) is 0 Å². The van der Waals surface area contributed by atoms with Gasteiger partial charge in [0.1, 0.15) is 0 Å². The van der Waals surface area contributed by atoms with Crippen LogP contribution in [0.2, 0.25) is 5.02 Å². The summed E-state index contributed by atoms with van der Waals surface area (Å²) < 4.78 is 0. The molecular weight excluding hydrogens is 290 g/mol. The number of likely N-dealkylation sites (N-methyl/N-ethyl adjacent to an activating group) is 1. The first-order chi connectivity index (χ1) is 10.0. The van der Waals surface area contributed by atoms with Crippen LogP contribution >= 0.6 is 11.6 Å². The normalized spacial score (nSPS) is 10.5. The summed E-state index contributed by atoms with van der Waals surface area (Å²) in [5.41, 5.74) is 0.871. The van der Waals surface area contributed by atoms with Gasteiger partial charge >= 0.3 is 0 Å². The van der Waals surface area contributed by atoms with E-state index < -0.39 is 0 Å². The van der Waals surface area contributed by atoms with Crippen LogP contribution in [-0.2, 0) is 16.1 Å². The first-order valence-electron chi connectivity index (χ1n) is 6.98. The van der Waals surface area contributed by atoms with Crippen molar-refractivity contribution < 1.29 is 9.59 Å². The van der Waals surface area contributed by atoms with Crippen LogP contribution in [0.15, 0.2) is 24.3 Å². The molecule has 0 aliphatic heterocycles. The van der Waals surface area contributed by atoms with E-state index in [-0.39, 0.29) is 24.9 Å². The van der Waals surface area contributed by atoms with E-state index in [1.807, 2.05) is 25.1 Å². The van der Waals surface area contributed by atoms with Gasteiger partial charge in [-0.1, -0.05) is 36.7 Å². The standard InChI is InChI=1S/C15H22ClN3O2/c1-3-8-17-14(20)10-19(2)11-15(21)18-9-12-6-4-5-7-13(12)16/h4-7H,3,8-11H2,1-2H3,(H,17,20)(H,18,21). The smallest absolute Gasteiger partial charge is 0.234 e. The molecule has 1 rings (SSSR count). The van der Waals surface area contributed by atoms with Crippen molar-refractivity contribution in [3.63, 3.8) is 0 Å². The van der Waals surface area contributed by atoms with E-state index in [0.29, 0.717) is 18.1 Å². The zero-order chi connectivity index (χ0) is 15.7. The van der Waals surface area contributed by atoms with E-state index in [1.54, 1.807) is 18.0 Å². The van der Waals surface area contributed by atoms with Crippen LogP contribution in [0.5, 0.6) is 0 Å². The Morgan fingerprint density at radius 3 is 2.38 bits per heavy atom. The summed E-state index contributed by atoms with van der Waals surface area (Å²) in [6.45, 7) is 3.41. The van der Waals surface area contributed by atoms with Crippen LogP contribution in [0.3, 0.4) is 0 Å². The van der Waals surface area contributed by atoms with Gasteiger partial charge in [0.25, 0.3) is 0 Å². The van der Waals surface area contributed by atoms with Gasteiger partial charge in [-0.2, -0.15) is 0 Å². The lowest BCUT2D eigenvalue weighted by molar-refractivity contribution is -0.124. The largest absolute Gasteiger partial charge is 0.355 e. The second-order valence-corrected chi connectivity index (χ2v) is 5.30. The topological polar surface area (TPSA) is 61.4 Å². The predicted molar refractivity (Wildman–Crippen MR) is 84.1 cm³/mol. The first-order valence-corrected chi connectivity index (χ1v) is 7.36. The number of rotatable bonds is 8. The molecule has 6 heteroatoms. The second kappa shape index (κ2) is 9.37. The van der Waals surface area contributed by atoms with Gasteiger partial charge in [-0.05, 0) is 25.1 Å². The van der Waals surface area contributed by atoms with Crippen LogP contribution in [0.1, 0.15) is 18.9 Å². The number of benzene rings is 1. The third-order valence-electron chi connectivity index (χ3n) is 2.83. The van der Waals surface area contributed by atoms with Crippen molar-refractivity contribution in [2.75, 3.05) is 26.7 Å². The molecule has 0 bridgehead atoms. The number of nitrogens with zero attached hydrogens (tertiary/aromatic N) is 1. The molecule has 5 nitrogen and oxygen atoms in total. The molecule has 21 heavy (non-hydrogen) atoms. The Morgan fingerprint density at radius 2 is 1.76 bits per heavy atom. The van der Waals surface area contributed by atoms with Crippen molar-refractivity contribution >= 4 is 23.4 Å². The van der Waals surface area contributed by atoms with Crippen LogP contribution in [-0.4, -0.2) is 43.4 Å². The van der Waals surface area contributed by atoms with Crippen molar-refractivity contribution in [3.8, 4) is 0 Å². The van der Waals surface area contributed by atoms with Crippen molar-refractivity contribution in [2.45, 2.75) is 19.9 Å². The molecule has 0 saturated heterocycles. The molecule has 2 N–H and O–H groups in total. The van der Waals surface area contributed by atoms with E-state index in [9.17, 15) is 9.59 Å². The molecule has 0 aliphatic rings. The van der Waals surface area contributed by atoms with Crippen LogP contribution in [0.4, 0.5) is 0 Å². The van der Waals surface area contributed by atoms with Crippen molar-refractivity contribution in [1.82, 2.24) is 15.5 Å². The van der Waals surface area contributed by atoms with Crippen LogP contribution in [0.25, 0.3) is 0 Å². The molecule has 0 saturated carbocycles. The first kappa shape index (κ1) is 17.5. The Balaban J connectivity index is 2.30. The maximum atomic E-state index is 11.8. The lowest BCUT2D eigenvalue weighted by atomic mass is 10.2. The third kappa shape index (κ3) is 7.11. The molecule has 1 aromatic carbocycles. The molecule has 0 unspecified atom stereocenters. The maximum absolute atomic E-state index is 11.8. The monoisotopic (exact) mass is 311 g/mol. The van der Waals surface area contributed by atoms with Gasteiger partial charge in [-0.3, -0.25) is 14.5 Å². The van der Waals surface area contributed by atoms with E-state index in [1.165, 1.54) is 0 Å². The molecule has 0 heterocycles. The molecular formula is C15H22ClN3O2. The minimum absolute atomic E-state index is 0.0711. The summed E-state index contributed by atoms with van der Waals surface area (Å²) in [5, 5.41) is 6.19. The van der Waals surface area contributed by atoms with E-state index in [4.69, 9.17) is 11.6 Å². The molecule has 1 aromatic rings. The van der Waals surface area contributed by atoms with Gasteiger partial charge in [-0.15, -0.1) is 0 Å². The number of carbonyl (C=O) groups is 2. The fraction of sp³-hybridized carbons (Fsp3) is 0.467. The van der Waals surface area contributed by atoms with E-state index in [2.05, 4.69) is 10.6 Å². The maximum Gasteiger partial charge on any atom is 0.234 e. The second-order valence-electron chi connectivity index (χ2n) is 4.89. The van der Waals surface area contributed by atoms with Gasteiger partial charge in [0.15, 0.2) is 0 Å². The summed E-state index contributed by atoms with van der Waals surface area (Å²) in [6.07, 6.45) is 0.897. The highest BCUT2D eigenvalue weighted by atomic mass is 35.5. The molecule has 0 spiro atoms. The van der Waals surface area contributed by atoms with Gasteiger partial charge in [0.05, 0.1) is 13.1 Å². The molecule has 0 fully saturated rings. The predicted octanol–water partition coefficient (Wildman–Crippen LogP) is 1.41. The lowest BCUT2D eigenvalue weighted by Crippen LogP contribution is -2.40. The average molecular weight is 312 g/mol. The SMILES string of the molecule is CCCNC(=O)CN(C)CC(=O)NCc1ccccc1Cl. The number of nitrogens with one attached hydrogen (secondary N) is 2. The van der Waals surface area contributed by atoms with Gasteiger partial charge < -0.3 is 10.6 Å². The molecule has 0 aliphatic carbocycles. The van der Waals surface area contributed by atoms with Crippen molar-refractivity contribution in [2.24, 2.45) is 0 Å². The van der Waals surface area contributed by atoms with Gasteiger partial charge in [-0.25, -0.2) is 0 Å². The van der Waals surface area contributed by atoms with Crippen LogP contribution in [0, 0.1) is 0 Å². The Kier molecular flexibility index (Phi) is 7.79. The zero-order valence-corrected chi connectivity index (χ0v) is 13.2. The highest BCUT2D eigenvalue weighted by Crippen LogP contribution is 2.14. The zero-order valence-electron chi connectivity index (χ0n) is 12.5. The number of amides is 2. The average Bonchev–Trinajstić information content (AvgIpc) is 2.44. The Hall–Kier alpha value is -1.59. The summed E-state index contributed by atoms with van der Waals surface area (Å²) >= 11 is 6.02. The number of carbonyl (C=O) groups excluding carboxylic acids is 2. The number of halogens is 1. The fourth-order valence-electron chi connectivity index (χ4n) is 1.76. The van der Waals surface area contributed by atoms with Gasteiger partial charge in [0, 0.05) is 18.1 Å². The molecule has 116 valence electrons. The summed E-state index contributed by atoms with van der Waals surface area (Å²) in [4.78, 5) is 25.0. The number of hydrogen-bond donors (Lipinski definition) is 2. The minimum atomic E-state index is -0.138. The summed E-state index contributed by atoms with van der Waals surface area (Å²) in [6, 6.07) is 7.37. The molecule has 0 radical (unpaired) electrons. The van der Waals surface area contributed by atoms with E-state index in [0.717, 1.165) is 12.0 Å². The summed E-state index contributed by atoms with van der Waals surface area (Å²) in [7, 11) is 1.74. The Labute approximate surface area is 130 Å². The molecule has 0 atom stereocenters. The Bertz CT molecular complexity index is 480. The lowest BCUT2D eigenvalue weighted by Gasteiger charge is -2.16. The third-order valence-corrected chi connectivity index (χ3v) is 3.20. The highest BCUT2D eigenvalue weighted by Gasteiger charge is 2.10. The quantitative estimate of drug-likeness (QED) is 0.763. The molecule has 0 aromatic heterocycles. The van der Waals surface area contributed by atoms with Crippen molar-refractivity contribution in [3.05, 3.63) is 34.9 Å². The fourth-order valence-corrected chi connectivity index (χ4v) is 1.96. The number of hydrogen-bond acceptors (Lipinski definition) is 3. The highest BCUT2D eigenvalue weighted by molar-refractivity contribution is 6.31. The molecule has 2 amide bonds. The summed E-state index contributed by atoms with van der Waals surface area (Å²) in [5.74, 6) is -0.209. The minimum Gasteiger partial charge on any atom is -0.355 e. The van der Waals surface area contributed by atoms with E-state index >= 15 is 0 Å². The van der Waals surface area contributed by atoms with Gasteiger partial charge in [0.2, 0.25) is 11.8 Å². The van der Waals surface area contributed by atoms with Crippen LogP contribution < -0.4 is 10.6 Å².